The van der Waals surface area contributed by atoms with Gasteiger partial charge in [0.05, 0.1) is 5.69 Å². The number of terminal acetylenes is 1. The minimum absolute atomic E-state index is 0.0278. The minimum Gasteiger partial charge on any atom is -0.479 e. The highest BCUT2D eigenvalue weighted by Crippen LogP contribution is 2.25. The molecule has 1 aromatic heterocycles. The van der Waals surface area contributed by atoms with E-state index in [1.54, 1.807) is 30.6 Å². The van der Waals surface area contributed by atoms with Crippen LogP contribution in [0.4, 0.5) is 10.1 Å². The number of benzene rings is 1. The van der Waals surface area contributed by atoms with Crippen molar-refractivity contribution >= 4 is 17.7 Å². The fourth-order valence-electron chi connectivity index (χ4n) is 1.67. The highest BCUT2D eigenvalue weighted by Gasteiger charge is 2.07. The Hall–Kier alpha value is -3.13. The minimum atomic E-state index is -0.486. The molecule has 1 aromatic carbocycles. The van der Waals surface area contributed by atoms with Gasteiger partial charge in [0.1, 0.15) is 18.2 Å². The third kappa shape index (κ3) is 4.46. The molecule has 0 bridgehead atoms. The van der Waals surface area contributed by atoms with Crippen LogP contribution in [0.15, 0.2) is 48.8 Å². The molecule has 0 spiro atoms. The summed E-state index contributed by atoms with van der Waals surface area (Å²) in [6, 6.07) is 7.37. The molecule has 0 aliphatic carbocycles. The van der Waals surface area contributed by atoms with Crippen LogP contribution < -0.4 is 10.1 Å². The zero-order chi connectivity index (χ0) is 15.8. The fourth-order valence-corrected chi connectivity index (χ4v) is 1.67. The molecule has 0 fully saturated rings. The average molecular weight is 296 g/mol. The smallest absolute Gasteiger partial charge is 0.248 e. The molecule has 4 nitrogen and oxygen atoms in total. The quantitative estimate of drug-likeness (QED) is 0.682. The first-order chi connectivity index (χ1) is 10.7. The summed E-state index contributed by atoms with van der Waals surface area (Å²) >= 11 is 0. The molecule has 2 rings (SSSR count). The Kier molecular flexibility index (Phi) is 5.27. The number of halogens is 1. The topological polar surface area (TPSA) is 51.2 Å². The number of ether oxygens (including phenoxy) is 1. The van der Waals surface area contributed by atoms with E-state index in [9.17, 15) is 9.18 Å². The third-order valence-corrected chi connectivity index (χ3v) is 2.62. The van der Waals surface area contributed by atoms with Crippen molar-refractivity contribution in [2.45, 2.75) is 0 Å². The number of aromatic nitrogens is 1. The van der Waals surface area contributed by atoms with Crippen molar-refractivity contribution in [3.63, 3.8) is 0 Å². The number of rotatable bonds is 5. The molecule has 22 heavy (non-hydrogen) atoms. The molecule has 0 atom stereocenters. The third-order valence-electron chi connectivity index (χ3n) is 2.62. The number of pyridine rings is 1. The van der Waals surface area contributed by atoms with Gasteiger partial charge in [-0.2, -0.15) is 0 Å². The van der Waals surface area contributed by atoms with Crippen molar-refractivity contribution < 1.29 is 13.9 Å². The molecule has 0 saturated heterocycles. The van der Waals surface area contributed by atoms with E-state index in [0.29, 0.717) is 5.75 Å². The first kappa shape index (κ1) is 15.3. The molecule has 1 N–H and O–H groups in total. The molecule has 110 valence electrons. The Morgan fingerprint density at radius 2 is 2.32 bits per heavy atom. The largest absolute Gasteiger partial charge is 0.479 e. The molecule has 2 aromatic rings. The lowest BCUT2D eigenvalue weighted by atomic mass is 10.2. The van der Waals surface area contributed by atoms with E-state index in [1.807, 2.05) is 0 Å². The summed E-state index contributed by atoms with van der Waals surface area (Å²) in [6.45, 7) is 0.0278. The summed E-state index contributed by atoms with van der Waals surface area (Å²) in [6.07, 6.45) is 11.3. The number of hydrogen-bond donors (Lipinski definition) is 1. The lowest BCUT2D eigenvalue weighted by molar-refractivity contribution is -0.111. The maximum absolute atomic E-state index is 13.3. The van der Waals surface area contributed by atoms with E-state index in [0.717, 1.165) is 5.56 Å². The lowest BCUT2D eigenvalue weighted by Gasteiger charge is -2.10. The second kappa shape index (κ2) is 7.60. The predicted molar refractivity (Wildman–Crippen MR) is 82.6 cm³/mol. The second-order valence-corrected chi connectivity index (χ2v) is 4.24. The van der Waals surface area contributed by atoms with E-state index < -0.39 is 11.7 Å². The predicted octanol–water partition coefficient (Wildman–Crippen LogP) is 2.88. The Bertz CT molecular complexity index is 721. The van der Waals surface area contributed by atoms with E-state index in [-0.39, 0.29) is 12.3 Å². The maximum atomic E-state index is 13.3. The van der Waals surface area contributed by atoms with Crippen LogP contribution in [0.1, 0.15) is 5.56 Å². The Labute approximate surface area is 127 Å². The molecular weight excluding hydrogens is 283 g/mol. The Morgan fingerprint density at radius 3 is 3.05 bits per heavy atom. The highest BCUT2D eigenvalue weighted by molar-refractivity contribution is 6.02. The van der Waals surface area contributed by atoms with Gasteiger partial charge in [-0.1, -0.05) is 12.0 Å². The van der Waals surface area contributed by atoms with Crippen molar-refractivity contribution in [3.8, 4) is 18.1 Å². The van der Waals surface area contributed by atoms with E-state index in [4.69, 9.17) is 11.2 Å². The number of hydrogen-bond acceptors (Lipinski definition) is 3. The van der Waals surface area contributed by atoms with E-state index in [1.165, 1.54) is 24.3 Å². The van der Waals surface area contributed by atoms with Crippen LogP contribution in [0.5, 0.6) is 5.75 Å². The van der Waals surface area contributed by atoms with Crippen LogP contribution >= 0.6 is 0 Å². The van der Waals surface area contributed by atoms with Gasteiger partial charge in [-0.3, -0.25) is 9.78 Å². The zero-order valence-electron chi connectivity index (χ0n) is 11.6. The fraction of sp³-hybridized carbons (Fsp3) is 0.0588. The summed E-state index contributed by atoms with van der Waals surface area (Å²) < 4.78 is 18.6. The molecule has 0 aliphatic heterocycles. The Morgan fingerprint density at radius 1 is 1.45 bits per heavy atom. The normalized spacial score (nSPS) is 10.2. The molecule has 1 heterocycles. The first-order valence-electron chi connectivity index (χ1n) is 6.44. The van der Waals surface area contributed by atoms with Crippen molar-refractivity contribution in [2.75, 3.05) is 11.9 Å². The molecule has 0 radical (unpaired) electrons. The summed E-state index contributed by atoms with van der Waals surface area (Å²) in [5.74, 6) is 1.71. The lowest BCUT2D eigenvalue weighted by Crippen LogP contribution is -2.10. The second-order valence-electron chi connectivity index (χ2n) is 4.24. The van der Waals surface area contributed by atoms with Crippen molar-refractivity contribution in [3.05, 3.63) is 60.2 Å². The van der Waals surface area contributed by atoms with Crippen LogP contribution in [0.3, 0.4) is 0 Å². The number of nitrogens with zero attached hydrogens (tertiary/aromatic N) is 1. The van der Waals surface area contributed by atoms with E-state index in [2.05, 4.69) is 16.2 Å². The summed E-state index contributed by atoms with van der Waals surface area (Å²) in [5.41, 5.74) is 0.997. The van der Waals surface area contributed by atoms with Gasteiger partial charge in [-0.25, -0.2) is 4.39 Å². The summed E-state index contributed by atoms with van der Waals surface area (Å²) in [5, 5.41) is 2.55. The monoisotopic (exact) mass is 296 g/mol. The molecule has 1 amide bonds. The molecule has 0 saturated carbocycles. The van der Waals surface area contributed by atoms with Crippen LogP contribution in [-0.2, 0) is 4.79 Å². The number of nitrogens with one attached hydrogen (secondary N) is 1. The molecule has 5 heteroatoms. The van der Waals surface area contributed by atoms with Gasteiger partial charge in [0.2, 0.25) is 5.91 Å². The number of amides is 1. The van der Waals surface area contributed by atoms with Crippen molar-refractivity contribution in [2.24, 2.45) is 0 Å². The van der Waals surface area contributed by atoms with E-state index >= 15 is 0 Å². The van der Waals surface area contributed by atoms with Gasteiger partial charge in [0.25, 0.3) is 0 Å². The van der Waals surface area contributed by atoms with Crippen molar-refractivity contribution in [1.82, 2.24) is 4.98 Å². The van der Waals surface area contributed by atoms with Gasteiger partial charge in [-0.05, 0) is 29.8 Å². The maximum Gasteiger partial charge on any atom is 0.248 e. The van der Waals surface area contributed by atoms with Crippen LogP contribution in [0, 0.1) is 18.2 Å². The summed E-state index contributed by atoms with van der Waals surface area (Å²) in [7, 11) is 0. The first-order valence-corrected chi connectivity index (χ1v) is 6.44. The molecule has 0 unspecified atom stereocenters. The zero-order valence-corrected chi connectivity index (χ0v) is 11.6. The van der Waals surface area contributed by atoms with Crippen LogP contribution in [-0.4, -0.2) is 17.5 Å². The molecule has 0 aliphatic rings. The van der Waals surface area contributed by atoms with Gasteiger partial charge in [-0.15, -0.1) is 6.42 Å². The average Bonchev–Trinajstić information content (AvgIpc) is 2.53. The van der Waals surface area contributed by atoms with Gasteiger partial charge in [0, 0.05) is 24.5 Å². The van der Waals surface area contributed by atoms with Gasteiger partial charge in [0.15, 0.2) is 0 Å². The number of carbonyl (C=O) groups is 1. The SMILES string of the molecule is C#CCOc1ccc(F)cc1NC(=O)C=Cc1cccnc1. The highest BCUT2D eigenvalue weighted by atomic mass is 19.1. The van der Waals surface area contributed by atoms with Crippen molar-refractivity contribution in [1.29, 1.82) is 0 Å². The van der Waals surface area contributed by atoms with Crippen LogP contribution in [0.25, 0.3) is 6.08 Å². The number of carbonyl (C=O) groups excluding carboxylic acids is 1. The Balaban J connectivity index is 2.09. The molecular formula is C17H13FN2O2. The van der Waals surface area contributed by atoms with Gasteiger partial charge < -0.3 is 10.1 Å². The number of anilines is 1. The summed E-state index contributed by atoms with van der Waals surface area (Å²) in [4.78, 5) is 15.8. The standard InChI is InChI=1S/C17H13FN2O2/c1-2-10-22-16-7-6-14(18)11-15(16)20-17(21)8-5-13-4-3-9-19-12-13/h1,3-9,11-12H,10H2,(H,20,21). The van der Waals surface area contributed by atoms with Crippen LogP contribution in [0.2, 0.25) is 0 Å². The van der Waals surface area contributed by atoms with Gasteiger partial charge >= 0.3 is 0 Å².